The molecule has 0 aliphatic heterocycles. The van der Waals surface area contributed by atoms with Crippen LogP contribution in [0.15, 0.2) is 211 Å². The average molecular weight is 759 g/mol. The topological polar surface area (TPSA) is 21.3 Å². The van der Waals surface area contributed by atoms with Crippen LogP contribution in [0.3, 0.4) is 0 Å². The molecule has 0 aliphatic carbocycles. The third kappa shape index (κ3) is 5.12. The molecule has 0 saturated carbocycles. The molecule has 0 aliphatic rings. The first-order valence-corrected chi connectivity index (χ1v) is 20.5. The van der Waals surface area contributed by atoms with E-state index in [1.54, 1.807) is 0 Å². The summed E-state index contributed by atoms with van der Waals surface area (Å²) in [7, 11) is 0. The van der Waals surface area contributed by atoms with E-state index in [4.69, 9.17) is 4.42 Å². The van der Waals surface area contributed by atoms with Crippen molar-refractivity contribution >= 4 is 92.3 Å². The highest BCUT2D eigenvalue weighted by Crippen LogP contribution is 2.46. The van der Waals surface area contributed by atoms with E-state index in [0.29, 0.717) is 0 Å². The first-order valence-electron chi connectivity index (χ1n) is 19.7. The van der Waals surface area contributed by atoms with Gasteiger partial charge in [0.15, 0.2) is 5.58 Å². The van der Waals surface area contributed by atoms with Crippen LogP contribution < -0.4 is 4.90 Å². The highest BCUT2D eigenvalue weighted by molar-refractivity contribution is 7.25. The Morgan fingerprint density at radius 2 is 1.00 bits per heavy atom. The molecule has 3 aromatic heterocycles. The fourth-order valence-electron chi connectivity index (χ4n) is 8.92. The zero-order chi connectivity index (χ0) is 38.2. The van der Waals surface area contributed by atoms with E-state index in [2.05, 4.69) is 216 Å². The molecule has 9 aromatic carbocycles. The number of anilines is 3. The van der Waals surface area contributed by atoms with E-state index in [1.807, 2.05) is 11.3 Å². The normalized spacial score (nSPS) is 11.8. The van der Waals surface area contributed by atoms with E-state index in [1.165, 1.54) is 47.5 Å². The van der Waals surface area contributed by atoms with Gasteiger partial charge in [0, 0.05) is 64.3 Å². The molecule has 0 amide bonds. The number of thiophene rings is 1. The lowest BCUT2D eigenvalue weighted by Gasteiger charge is -2.26. The predicted molar refractivity (Wildman–Crippen MR) is 247 cm³/mol. The van der Waals surface area contributed by atoms with Gasteiger partial charge < -0.3 is 13.9 Å². The first-order chi connectivity index (χ1) is 28.8. The Balaban J connectivity index is 1.03. The Morgan fingerprint density at radius 1 is 0.379 bits per heavy atom. The van der Waals surface area contributed by atoms with Gasteiger partial charge in [-0.15, -0.1) is 11.3 Å². The van der Waals surface area contributed by atoms with Crippen LogP contribution >= 0.6 is 11.3 Å². The molecule has 12 aromatic rings. The standard InChI is InChI=1S/C54H34N2OS/c1-3-13-36(14-4-1)41-19-11-20-46-47-21-12-23-49(54(47)57-53(41)46)55(40-30-32-45-44-18-8-10-24-51(44)58-52(45)34-40)39-28-25-35(26-29-39)37-27-31-43-42-17-7-9-22-48(42)56(50(43)33-37)38-15-5-2-6-16-38/h1-34H. The molecule has 58 heavy (non-hydrogen) atoms. The van der Waals surface area contributed by atoms with E-state index in [9.17, 15) is 0 Å². The second-order valence-electron chi connectivity index (χ2n) is 14.9. The average Bonchev–Trinajstić information content (AvgIpc) is 3.97. The van der Waals surface area contributed by atoms with Gasteiger partial charge in [0.2, 0.25) is 0 Å². The van der Waals surface area contributed by atoms with Gasteiger partial charge >= 0.3 is 0 Å². The van der Waals surface area contributed by atoms with Crippen molar-refractivity contribution in [2.45, 2.75) is 0 Å². The lowest BCUT2D eigenvalue weighted by Crippen LogP contribution is -2.10. The number of fused-ring (bicyclic) bond motifs is 9. The summed E-state index contributed by atoms with van der Waals surface area (Å²) in [4.78, 5) is 2.36. The summed E-state index contributed by atoms with van der Waals surface area (Å²) in [6.45, 7) is 0. The van der Waals surface area contributed by atoms with Crippen LogP contribution in [0.4, 0.5) is 17.1 Å². The van der Waals surface area contributed by atoms with Crippen molar-refractivity contribution in [3.8, 4) is 27.9 Å². The van der Waals surface area contributed by atoms with Gasteiger partial charge in [0.05, 0.1) is 16.7 Å². The van der Waals surface area contributed by atoms with E-state index < -0.39 is 0 Å². The van der Waals surface area contributed by atoms with E-state index in [0.717, 1.165) is 61.4 Å². The monoisotopic (exact) mass is 758 g/mol. The first kappa shape index (κ1) is 32.8. The number of furan rings is 1. The number of rotatable bonds is 6. The van der Waals surface area contributed by atoms with Crippen molar-refractivity contribution < 1.29 is 4.42 Å². The van der Waals surface area contributed by atoms with Crippen molar-refractivity contribution in [3.05, 3.63) is 206 Å². The fraction of sp³-hybridized carbons (Fsp3) is 0. The third-order valence-electron chi connectivity index (χ3n) is 11.6. The van der Waals surface area contributed by atoms with Crippen molar-refractivity contribution in [2.24, 2.45) is 0 Å². The fourth-order valence-corrected chi connectivity index (χ4v) is 10.1. The maximum atomic E-state index is 6.99. The Morgan fingerprint density at radius 3 is 1.84 bits per heavy atom. The maximum Gasteiger partial charge on any atom is 0.159 e. The largest absolute Gasteiger partial charge is 0.453 e. The lowest BCUT2D eigenvalue weighted by molar-refractivity contribution is 0.670. The van der Waals surface area contributed by atoms with Crippen LogP contribution in [0, 0.1) is 0 Å². The summed E-state index contributed by atoms with van der Waals surface area (Å²) in [5, 5.41) is 7.27. The van der Waals surface area contributed by atoms with Crippen LogP contribution in [0.25, 0.3) is 91.9 Å². The minimum Gasteiger partial charge on any atom is -0.453 e. The number of hydrogen-bond donors (Lipinski definition) is 0. The molecule has 0 unspecified atom stereocenters. The summed E-state index contributed by atoms with van der Waals surface area (Å²) >= 11 is 1.84. The number of para-hydroxylation sites is 4. The van der Waals surface area contributed by atoms with Crippen LogP contribution in [0.5, 0.6) is 0 Å². The van der Waals surface area contributed by atoms with Crippen molar-refractivity contribution in [3.63, 3.8) is 0 Å². The Bertz CT molecular complexity index is 3500. The molecule has 3 heterocycles. The van der Waals surface area contributed by atoms with Crippen molar-refractivity contribution in [2.75, 3.05) is 4.90 Å². The molecule has 3 nitrogen and oxygen atoms in total. The minimum absolute atomic E-state index is 0.862. The molecule has 12 rings (SSSR count). The van der Waals surface area contributed by atoms with Crippen molar-refractivity contribution in [1.29, 1.82) is 0 Å². The van der Waals surface area contributed by atoms with Gasteiger partial charge in [0.1, 0.15) is 5.58 Å². The van der Waals surface area contributed by atoms with Crippen LogP contribution in [-0.2, 0) is 0 Å². The Kier molecular flexibility index (Phi) is 7.40. The molecule has 0 saturated heterocycles. The summed E-state index contributed by atoms with van der Waals surface area (Å²) in [5.74, 6) is 0. The molecule has 0 N–H and O–H groups in total. The van der Waals surface area contributed by atoms with Gasteiger partial charge in [-0.3, -0.25) is 0 Å². The molecule has 0 radical (unpaired) electrons. The van der Waals surface area contributed by atoms with E-state index in [-0.39, 0.29) is 0 Å². The SMILES string of the molecule is c1ccc(-c2cccc3c2oc2c(N(c4ccc(-c5ccc6c7ccccc7n(-c7ccccc7)c6c5)cc4)c4ccc5c(c4)sc4ccccc45)cccc23)cc1. The van der Waals surface area contributed by atoms with Crippen molar-refractivity contribution in [1.82, 2.24) is 4.57 Å². The van der Waals surface area contributed by atoms with Gasteiger partial charge in [-0.2, -0.15) is 0 Å². The second-order valence-corrected chi connectivity index (χ2v) is 16.0. The number of hydrogen-bond acceptors (Lipinski definition) is 3. The minimum atomic E-state index is 0.862. The molecule has 4 heteroatoms. The second kappa shape index (κ2) is 13.1. The smallest absolute Gasteiger partial charge is 0.159 e. The molecule has 0 atom stereocenters. The molecule has 0 spiro atoms. The van der Waals surface area contributed by atoms with Gasteiger partial charge in [0.25, 0.3) is 0 Å². The van der Waals surface area contributed by atoms with Gasteiger partial charge in [-0.1, -0.05) is 146 Å². The summed E-state index contributed by atoms with van der Waals surface area (Å²) in [6, 6.07) is 74.3. The Labute approximate surface area is 338 Å². The molecule has 0 fully saturated rings. The molecular weight excluding hydrogens is 725 g/mol. The number of benzene rings is 9. The quantitative estimate of drug-likeness (QED) is 0.168. The highest BCUT2D eigenvalue weighted by atomic mass is 32.1. The zero-order valence-electron chi connectivity index (χ0n) is 31.3. The zero-order valence-corrected chi connectivity index (χ0v) is 32.2. The predicted octanol–water partition coefficient (Wildman–Crippen LogP) is 15.9. The summed E-state index contributed by atoms with van der Waals surface area (Å²) < 4.78 is 11.9. The van der Waals surface area contributed by atoms with Gasteiger partial charge in [-0.05, 0) is 77.4 Å². The molecular formula is C54H34N2OS. The third-order valence-corrected chi connectivity index (χ3v) is 12.7. The maximum absolute atomic E-state index is 6.99. The number of nitrogens with zero attached hydrogens (tertiary/aromatic N) is 2. The molecule has 0 bridgehead atoms. The molecule has 272 valence electrons. The van der Waals surface area contributed by atoms with E-state index >= 15 is 0 Å². The highest BCUT2D eigenvalue weighted by Gasteiger charge is 2.22. The van der Waals surface area contributed by atoms with Crippen LogP contribution in [0.2, 0.25) is 0 Å². The summed E-state index contributed by atoms with van der Waals surface area (Å²) in [6.07, 6.45) is 0. The lowest BCUT2D eigenvalue weighted by atomic mass is 10.0. The number of aromatic nitrogens is 1. The van der Waals surface area contributed by atoms with Crippen LogP contribution in [-0.4, -0.2) is 4.57 Å². The van der Waals surface area contributed by atoms with Crippen LogP contribution in [0.1, 0.15) is 0 Å². The van der Waals surface area contributed by atoms with Gasteiger partial charge in [-0.25, -0.2) is 0 Å². The Hall–Kier alpha value is -7.40. The summed E-state index contributed by atoms with van der Waals surface area (Å²) in [5.41, 5.74) is 13.0.